The molecule has 2 aromatic heterocycles. The summed E-state index contributed by atoms with van der Waals surface area (Å²) in [5.74, 6) is -0.165. The van der Waals surface area contributed by atoms with Crippen LogP contribution in [0, 0.1) is 0 Å². The lowest BCUT2D eigenvalue weighted by molar-refractivity contribution is -0.137. The van der Waals surface area contributed by atoms with E-state index < -0.39 is 11.6 Å². The highest BCUT2D eigenvalue weighted by Gasteiger charge is 2.14. The molecule has 0 saturated carbocycles. The van der Waals surface area contributed by atoms with Gasteiger partial charge in [-0.25, -0.2) is 4.79 Å². The van der Waals surface area contributed by atoms with Gasteiger partial charge in [0, 0.05) is 11.8 Å². The van der Waals surface area contributed by atoms with Gasteiger partial charge in [-0.15, -0.1) is 10.2 Å². The lowest BCUT2D eigenvalue weighted by atomic mass is 10.1. The lowest BCUT2D eigenvalue weighted by Crippen LogP contribution is -2.05. The number of H-pyrrole nitrogens is 1. The summed E-state index contributed by atoms with van der Waals surface area (Å²) in [6, 6.07) is 6.94. The van der Waals surface area contributed by atoms with Crippen LogP contribution in [0.2, 0.25) is 0 Å². The highest BCUT2D eigenvalue weighted by Crippen LogP contribution is 2.26. The van der Waals surface area contributed by atoms with E-state index in [2.05, 4.69) is 20.6 Å². The van der Waals surface area contributed by atoms with Crippen molar-refractivity contribution in [1.29, 1.82) is 0 Å². The van der Waals surface area contributed by atoms with Gasteiger partial charge in [0.25, 0.3) is 0 Å². The van der Waals surface area contributed by atoms with Gasteiger partial charge in [-0.3, -0.25) is 4.79 Å². The number of carbonyl (C=O) groups is 1. The molecule has 0 aliphatic rings. The van der Waals surface area contributed by atoms with Gasteiger partial charge in [0.2, 0.25) is 5.82 Å². The van der Waals surface area contributed by atoms with Crippen molar-refractivity contribution >= 4 is 16.9 Å². The molecule has 0 fully saturated rings. The van der Waals surface area contributed by atoms with Gasteiger partial charge in [-0.1, -0.05) is 12.1 Å². The zero-order valence-corrected chi connectivity index (χ0v) is 13.3. The van der Waals surface area contributed by atoms with Crippen LogP contribution in [0.1, 0.15) is 25.7 Å². The van der Waals surface area contributed by atoms with E-state index in [1.54, 1.807) is 24.3 Å². The Labute approximate surface area is 141 Å². The summed E-state index contributed by atoms with van der Waals surface area (Å²) in [6.07, 6.45) is 2.23. The Bertz CT molecular complexity index is 920. The number of carboxylic acids is 1. The van der Waals surface area contributed by atoms with E-state index in [0.29, 0.717) is 29.7 Å². The Morgan fingerprint density at radius 1 is 1.28 bits per heavy atom. The summed E-state index contributed by atoms with van der Waals surface area (Å²) in [4.78, 5) is 22.6. The first-order valence-electron chi connectivity index (χ1n) is 7.80. The maximum Gasteiger partial charge on any atom is 0.347 e. The van der Waals surface area contributed by atoms with E-state index in [0.717, 1.165) is 12.8 Å². The third kappa shape index (κ3) is 4.00. The highest BCUT2D eigenvalue weighted by molar-refractivity contribution is 5.85. The number of rotatable bonds is 8. The van der Waals surface area contributed by atoms with Crippen molar-refractivity contribution in [2.45, 2.75) is 25.7 Å². The maximum absolute atomic E-state index is 12.2. The number of unbranched alkanes of at least 4 members (excludes halogenated alkanes) is 2. The van der Waals surface area contributed by atoms with Gasteiger partial charge in [0.1, 0.15) is 5.56 Å². The molecule has 0 aliphatic heterocycles. The first kappa shape index (κ1) is 16.6. The molecular weight excluding hydrogens is 328 g/mol. The number of ether oxygens (including phenoxy) is 1. The van der Waals surface area contributed by atoms with Crippen molar-refractivity contribution in [1.82, 2.24) is 20.6 Å². The normalized spacial score (nSPS) is 10.9. The number of aromatic nitrogens is 4. The van der Waals surface area contributed by atoms with Gasteiger partial charge in [-0.05, 0) is 36.6 Å². The molecule has 25 heavy (non-hydrogen) atoms. The molecule has 0 spiro atoms. The molecular formula is C16H16N4O5. The minimum Gasteiger partial charge on any atom is -0.490 e. The number of benzene rings is 1. The molecule has 0 aliphatic carbocycles. The molecule has 3 rings (SSSR count). The van der Waals surface area contributed by atoms with E-state index in [4.69, 9.17) is 14.3 Å². The third-order valence-corrected chi connectivity index (χ3v) is 3.60. The second-order valence-corrected chi connectivity index (χ2v) is 5.41. The zero-order valence-electron chi connectivity index (χ0n) is 13.3. The van der Waals surface area contributed by atoms with Crippen molar-refractivity contribution in [2.24, 2.45) is 0 Å². The van der Waals surface area contributed by atoms with E-state index in [1.165, 1.54) is 0 Å². The summed E-state index contributed by atoms with van der Waals surface area (Å²) < 4.78 is 11.1. The number of aliphatic carboxylic acids is 1. The van der Waals surface area contributed by atoms with Crippen LogP contribution >= 0.6 is 0 Å². The number of aromatic amines is 1. The van der Waals surface area contributed by atoms with Crippen LogP contribution in [0.4, 0.5) is 0 Å². The topological polar surface area (TPSA) is 131 Å². The Morgan fingerprint density at radius 2 is 2.16 bits per heavy atom. The molecule has 130 valence electrons. The summed E-state index contributed by atoms with van der Waals surface area (Å²) in [6.45, 7) is 0.412. The number of hydrogen-bond acceptors (Lipinski definition) is 7. The molecule has 9 heteroatoms. The van der Waals surface area contributed by atoms with Crippen molar-refractivity contribution in [3.63, 3.8) is 0 Å². The average Bonchev–Trinajstić information content (AvgIpc) is 3.11. The number of para-hydroxylation sites is 1. The summed E-state index contributed by atoms with van der Waals surface area (Å²) in [5, 5.41) is 22.6. The Hall–Kier alpha value is -3.23. The van der Waals surface area contributed by atoms with Crippen LogP contribution in [0.25, 0.3) is 22.4 Å². The van der Waals surface area contributed by atoms with E-state index in [9.17, 15) is 9.59 Å². The standard InChI is InChI=1S/C16H16N4O5/c21-13(22)7-2-1-3-8-24-12-6-4-5-10-9-11(15-17-19-20-18-15)16(23)25-14(10)12/h4-6,9H,1-3,7-8H2,(H,21,22)(H,17,18,19,20). The quantitative estimate of drug-likeness (QED) is 0.468. The number of nitrogens with zero attached hydrogens (tertiary/aromatic N) is 3. The first-order chi connectivity index (χ1) is 12.1. The summed E-state index contributed by atoms with van der Waals surface area (Å²) in [5.41, 5.74) is -0.0104. The van der Waals surface area contributed by atoms with Crippen LogP contribution in [-0.4, -0.2) is 38.3 Å². The molecule has 2 heterocycles. The maximum atomic E-state index is 12.2. The Morgan fingerprint density at radius 3 is 2.92 bits per heavy atom. The Balaban J connectivity index is 1.73. The van der Waals surface area contributed by atoms with Crippen molar-refractivity contribution in [2.75, 3.05) is 6.61 Å². The van der Waals surface area contributed by atoms with Gasteiger partial charge < -0.3 is 14.3 Å². The predicted octanol–water partition coefficient (Wildman–Crippen LogP) is 2.00. The molecule has 0 atom stereocenters. The van der Waals surface area contributed by atoms with Crippen LogP contribution in [0.3, 0.4) is 0 Å². The summed E-state index contributed by atoms with van der Waals surface area (Å²) >= 11 is 0. The fraction of sp³-hybridized carbons (Fsp3) is 0.312. The van der Waals surface area contributed by atoms with E-state index in [-0.39, 0.29) is 17.8 Å². The second kappa shape index (κ2) is 7.56. The molecule has 0 unspecified atom stereocenters. The number of nitrogens with one attached hydrogen (secondary N) is 1. The van der Waals surface area contributed by atoms with Crippen LogP contribution < -0.4 is 10.4 Å². The molecule has 3 aromatic rings. The molecule has 2 N–H and O–H groups in total. The van der Waals surface area contributed by atoms with Crippen LogP contribution in [0.5, 0.6) is 5.75 Å². The zero-order chi connectivity index (χ0) is 17.6. The van der Waals surface area contributed by atoms with Gasteiger partial charge in [0.15, 0.2) is 11.3 Å². The number of carboxylic acid groups (broad SMARTS) is 1. The third-order valence-electron chi connectivity index (χ3n) is 3.60. The smallest absolute Gasteiger partial charge is 0.347 e. The van der Waals surface area contributed by atoms with E-state index >= 15 is 0 Å². The largest absolute Gasteiger partial charge is 0.490 e. The van der Waals surface area contributed by atoms with Crippen molar-refractivity contribution in [3.05, 3.63) is 34.7 Å². The van der Waals surface area contributed by atoms with Crippen molar-refractivity contribution < 1.29 is 19.1 Å². The van der Waals surface area contributed by atoms with Crippen LogP contribution in [0.15, 0.2) is 33.5 Å². The molecule has 9 nitrogen and oxygen atoms in total. The molecule has 0 amide bonds. The average molecular weight is 344 g/mol. The first-order valence-corrected chi connectivity index (χ1v) is 7.80. The highest BCUT2D eigenvalue weighted by atomic mass is 16.5. The lowest BCUT2D eigenvalue weighted by Gasteiger charge is -2.08. The molecule has 0 saturated heterocycles. The molecule has 0 bridgehead atoms. The minimum absolute atomic E-state index is 0.155. The van der Waals surface area contributed by atoms with Gasteiger partial charge >= 0.3 is 11.6 Å². The molecule has 0 radical (unpaired) electrons. The predicted molar refractivity (Wildman–Crippen MR) is 87.3 cm³/mol. The summed E-state index contributed by atoms with van der Waals surface area (Å²) in [7, 11) is 0. The SMILES string of the molecule is O=C(O)CCCCCOc1cccc2cc(-c3nn[nH]n3)c(=O)oc12. The van der Waals surface area contributed by atoms with Crippen molar-refractivity contribution in [3.8, 4) is 17.1 Å². The second-order valence-electron chi connectivity index (χ2n) is 5.41. The molecule has 1 aromatic carbocycles. The van der Waals surface area contributed by atoms with Gasteiger partial charge in [-0.2, -0.15) is 5.21 Å². The number of tetrazole rings is 1. The van der Waals surface area contributed by atoms with Crippen LogP contribution in [-0.2, 0) is 4.79 Å². The Kier molecular flexibility index (Phi) is 5.03. The minimum atomic E-state index is -0.797. The fourth-order valence-electron chi connectivity index (χ4n) is 2.40. The monoisotopic (exact) mass is 344 g/mol. The van der Waals surface area contributed by atoms with E-state index in [1.807, 2.05) is 0 Å². The number of fused-ring (bicyclic) bond motifs is 1. The number of hydrogen-bond donors (Lipinski definition) is 2. The van der Waals surface area contributed by atoms with Gasteiger partial charge in [0.05, 0.1) is 6.61 Å². The fourth-order valence-corrected chi connectivity index (χ4v) is 2.40.